The fraction of sp³-hybridized carbons (Fsp3) is 0.200. The molecule has 5 nitrogen and oxygen atoms in total. The van der Waals surface area contributed by atoms with Crippen LogP contribution in [0, 0.1) is 17.0 Å². The van der Waals surface area contributed by atoms with E-state index in [-0.39, 0.29) is 11.4 Å². The third-order valence-electron chi connectivity index (χ3n) is 3.26. The smallest absolute Gasteiger partial charge is 0.406 e. The van der Waals surface area contributed by atoms with Gasteiger partial charge in [-0.3, -0.25) is 10.1 Å². The number of nitro benzene ring substituents is 1. The number of hydrogen-bond acceptors (Lipinski definition) is 4. The van der Waals surface area contributed by atoms with Gasteiger partial charge < -0.3 is 10.5 Å². The molecule has 0 aliphatic carbocycles. The SMILES string of the molecule is Cc1ccc([C@@H](N)c2ccc(OC(F)(F)F)cc2)cc1[N+](=O)[O-]. The van der Waals surface area contributed by atoms with Gasteiger partial charge in [-0.05, 0) is 30.2 Å². The third-order valence-corrected chi connectivity index (χ3v) is 3.26. The zero-order valence-corrected chi connectivity index (χ0v) is 12.0. The summed E-state index contributed by atoms with van der Waals surface area (Å²) in [6, 6.07) is 8.95. The van der Waals surface area contributed by atoms with Crippen molar-refractivity contribution in [3.63, 3.8) is 0 Å². The van der Waals surface area contributed by atoms with Crippen molar-refractivity contribution in [2.24, 2.45) is 5.73 Å². The topological polar surface area (TPSA) is 78.4 Å². The first-order valence-corrected chi connectivity index (χ1v) is 6.53. The Morgan fingerprint density at radius 2 is 1.70 bits per heavy atom. The lowest BCUT2D eigenvalue weighted by Crippen LogP contribution is -2.17. The summed E-state index contributed by atoms with van der Waals surface area (Å²) in [4.78, 5) is 10.4. The molecular weight excluding hydrogens is 313 g/mol. The molecule has 0 aliphatic heterocycles. The van der Waals surface area contributed by atoms with E-state index in [0.717, 1.165) is 12.1 Å². The molecule has 0 saturated carbocycles. The molecule has 0 aromatic heterocycles. The molecule has 122 valence electrons. The minimum Gasteiger partial charge on any atom is -0.406 e. The van der Waals surface area contributed by atoms with Crippen LogP contribution in [0.4, 0.5) is 18.9 Å². The van der Waals surface area contributed by atoms with E-state index < -0.39 is 17.3 Å². The number of aryl methyl sites for hydroxylation is 1. The molecule has 2 aromatic rings. The van der Waals surface area contributed by atoms with E-state index >= 15 is 0 Å². The highest BCUT2D eigenvalue weighted by molar-refractivity contribution is 5.45. The second-order valence-electron chi connectivity index (χ2n) is 4.90. The molecule has 2 N–H and O–H groups in total. The molecule has 0 bridgehead atoms. The van der Waals surface area contributed by atoms with Gasteiger partial charge in [0.05, 0.1) is 11.0 Å². The maximum atomic E-state index is 12.1. The van der Waals surface area contributed by atoms with Gasteiger partial charge in [0.2, 0.25) is 0 Å². The number of halogens is 3. The summed E-state index contributed by atoms with van der Waals surface area (Å²) in [7, 11) is 0. The first-order valence-electron chi connectivity index (χ1n) is 6.53. The Morgan fingerprint density at radius 1 is 1.13 bits per heavy atom. The fourth-order valence-electron chi connectivity index (χ4n) is 2.09. The van der Waals surface area contributed by atoms with Gasteiger partial charge >= 0.3 is 6.36 Å². The van der Waals surface area contributed by atoms with Crippen LogP contribution in [0.5, 0.6) is 5.75 Å². The summed E-state index contributed by atoms with van der Waals surface area (Å²) in [5.41, 5.74) is 7.47. The zero-order chi connectivity index (χ0) is 17.2. The number of benzene rings is 2. The predicted molar refractivity (Wildman–Crippen MR) is 77.0 cm³/mol. The Morgan fingerprint density at radius 3 is 2.22 bits per heavy atom. The van der Waals surface area contributed by atoms with Crippen molar-refractivity contribution in [2.45, 2.75) is 19.3 Å². The number of hydrogen-bond donors (Lipinski definition) is 1. The molecule has 0 amide bonds. The minimum absolute atomic E-state index is 0.0602. The highest BCUT2D eigenvalue weighted by Gasteiger charge is 2.31. The maximum Gasteiger partial charge on any atom is 0.573 e. The van der Waals surface area contributed by atoms with Gasteiger partial charge in [-0.15, -0.1) is 13.2 Å². The van der Waals surface area contributed by atoms with Gasteiger partial charge in [-0.25, -0.2) is 0 Å². The molecule has 0 unspecified atom stereocenters. The van der Waals surface area contributed by atoms with Crippen molar-refractivity contribution in [3.8, 4) is 5.75 Å². The molecule has 2 rings (SSSR count). The zero-order valence-electron chi connectivity index (χ0n) is 12.0. The fourth-order valence-corrected chi connectivity index (χ4v) is 2.09. The van der Waals surface area contributed by atoms with Gasteiger partial charge in [0.25, 0.3) is 5.69 Å². The van der Waals surface area contributed by atoms with E-state index in [2.05, 4.69) is 4.74 Å². The average Bonchev–Trinajstić information content (AvgIpc) is 2.46. The van der Waals surface area contributed by atoms with Crippen molar-refractivity contribution in [1.82, 2.24) is 0 Å². The van der Waals surface area contributed by atoms with Crippen molar-refractivity contribution in [3.05, 3.63) is 69.3 Å². The van der Waals surface area contributed by atoms with E-state index in [9.17, 15) is 23.3 Å². The van der Waals surface area contributed by atoms with Crippen LogP contribution in [0.15, 0.2) is 42.5 Å². The lowest BCUT2D eigenvalue weighted by Gasteiger charge is -2.14. The van der Waals surface area contributed by atoms with Crippen molar-refractivity contribution in [1.29, 1.82) is 0 Å². The Kier molecular flexibility index (Phi) is 4.55. The number of nitrogens with two attached hydrogens (primary N) is 1. The van der Waals surface area contributed by atoms with Crippen LogP contribution in [-0.2, 0) is 0 Å². The Hall–Kier alpha value is -2.61. The van der Waals surface area contributed by atoms with Crippen LogP contribution in [0.2, 0.25) is 0 Å². The Balaban J connectivity index is 2.25. The first kappa shape index (κ1) is 16.8. The van der Waals surface area contributed by atoms with E-state index in [4.69, 9.17) is 5.73 Å². The van der Waals surface area contributed by atoms with Gasteiger partial charge in [-0.2, -0.15) is 0 Å². The molecule has 2 aromatic carbocycles. The first-order chi connectivity index (χ1) is 10.7. The highest BCUT2D eigenvalue weighted by atomic mass is 19.4. The largest absolute Gasteiger partial charge is 0.573 e. The molecule has 1 atom stereocenters. The van der Waals surface area contributed by atoms with E-state index in [0.29, 0.717) is 16.7 Å². The number of alkyl halides is 3. The van der Waals surface area contributed by atoms with Gasteiger partial charge in [-0.1, -0.05) is 24.3 Å². The molecule has 0 radical (unpaired) electrons. The summed E-state index contributed by atoms with van der Waals surface area (Å²) >= 11 is 0. The predicted octanol–water partition coefficient (Wildman–Crippen LogP) is 3.85. The molecule has 0 saturated heterocycles. The maximum absolute atomic E-state index is 12.1. The summed E-state index contributed by atoms with van der Waals surface area (Å²) in [6.45, 7) is 1.61. The highest BCUT2D eigenvalue weighted by Crippen LogP contribution is 2.28. The number of nitrogens with zero attached hydrogens (tertiary/aromatic N) is 1. The summed E-state index contributed by atoms with van der Waals surface area (Å²) in [6.07, 6.45) is -4.76. The number of ether oxygens (including phenoxy) is 1. The molecule has 0 fully saturated rings. The van der Waals surface area contributed by atoms with Gasteiger partial charge in [0.1, 0.15) is 5.75 Å². The van der Waals surface area contributed by atoms with Gasteiger partial charge in [0, 0.05) is 11.6 Å². The van der Waals surface area contributed by atoms with Crippen molar-refractivity contribution in [2.75, 3.05) is 0 Å². The summed E-state index contributed by atoms with van der Waals surface area (Å²) in [5, 5.41) is 11.0. The van der Waals surface area contributed by atoms with E-state index in [1.54, 1.807) is 19.1 Å². The molecule has 23 heavy (non-hydrogen) atoms. The monoisotopic (exact) mass is 326 g/mol. The summed E-state index contributed by atoms with van der Waals surface area (Å²) < 4.78 is 40.1. The average molecular weight is 326 g/mol. The second-order valence-corrected chi connectivity index (χ2v) is 4.90. The molecule has 0 spiro atoms. The Bertz CT molecular complexity index is 715. The molecule has 0 heterocycles. The molecular formula is C15H13F3N2O3. The van der Waals surface area contributed by atoms with E-state index in [1.165, 1.54) is 18.2 Å². The summed E-state index contributed by atoms with van der Waals surface area (Å²) in [5.74, 6) is -0.358. The normalized spacial score (nSPS) is 12.7. The quantitative estimate of drug-likeness (QED) is 0.684. The van der Waals surface area contributed by atoms with Crippen LogP contribution in [0.25, 0.3) is 0 Å². The van der Waals surface area contributed by atoms with Crippen molar-refractivity contribution >= 4 is 5.69 Å². The molecule has 0 aliphatic rings. The van der Waals surface area contributed by atoms with Crippen LogP contribution >= 0.6 is 0 Å². The number of rotatable bonds is 4. The van der Waals surface area contributed by atoms with Gasteiger partial charge in [0.15, 0.2) is 0 Å². The Labute approximate surface area is 129 Å². The van der Waals surface area contributed by atoms with Crippen LogP contribution in [-0.4, -0.2) is 11.3 Å². The number of nitro groups is 1. The lowest BCUT2D eigenvalue weighted by atomic mass is 9.98. The minimum atomic E-state index is -4.76. The van der Waals surface area contributed by atoms with E-state index in [1.807, 2.05) is 0 Å². The van der Waals surface area contributed by atoms with Crippen molar-refractivity contribution < 1.29 is 22.8 Å². The van der Waals surface area contributed by atoms with Crippen LogP contribution in [0.3, 0.4) is 0 Å². The third kappa shape index (κ3) is 4.19. The standard InChI is InChI=1S/C15H13F3N2O3/c1-9-2-3-11(8-13(9)20(21)22)14(19)10-4-6-12(7-5-10)23-15(16,17)18/h2-8,14H,19H2,1H3/t14-/m0/s1. The lowest BCUT2D eigenvalue weighted by molar-refractivity contribution is -0.385. The van der Waals surface area contributed by atoms with Crippen LogP contribution in [0.1, 0.15) is 22.7 Å². The molecule has 8 heteroatoms. The second kappa shape index (κ2) is 6.25. The van der Waals surface area contributed by atoms with Crippen LogP contribution < -0.4 is 10.5 Å².